The lowest BCUT2D eigenvalue weighted by Crippen LogP contribution is -2.16. The van der Waals surface area contributed by atoms with Crippen LogP contribution in [0.1, 0.15) is 25.7 Å². The van der Waals surface area contributed by atoms with E-state index in [-0.39, 0.29) is 0 Å². The molecule has 1 nitrogen and oxygen atoms in total. The lowest BCUT2D eigenvalue weighted by Gasteiger charge is -2.03. The molecule has 1 rings (SSSR count). The summed E-state index contributed by atoms with van der Waals surface area (Å²) < 4.78 is 0. The van der Waals surface area contributed by atoms with E-state index in [4.69, 9.17) is 11.6 Å². The maximum Gasteiger partial charge on any atom is 0.0307 e. The zero-order valence-corrected chi connectivity index (χ0v) is 8.16. The molecule has 2 heteroatoms. The SMILES string of the molecule is C=C(Cl)CNCCC1=CCCC1. The summed E-state index contributed by atoms with van der Waals surface area (Å²) in [4.78, 5) is 0. The first kappa shape index (κ1) is 9.82. The first-order valence-corrected chi connectivity index (χ1v) is 4.89. The molecule has 1 N–H and O–H groups in total. The highest BCUT2D eigenvalue weighted by atomic mass is 35.5. The van der Waals surface area contributed by atoms with Crippen molar-refractivity contribution < 1.29 is 0 Å². The normalized spacial score (nSPS) is 16.2. The van der Waals surface area contributed by atoms with Crippen molar-refractivity contribution >= 4 is 11.6 Å². The molecular formula is C10H16ClN. The second kappa shape index (κ2) is 5.39. The predicted molar refractivity (Wildman–Crippen MR) is 54.4 cm³/mol. The predicted octanol–water partition coefficient (Wildman–Crippen LogP) is 2.83. The minimum absolute atomic E-state index is 0.690. The number of halogens is 1. The van der Waals surface area contributed by atoms with E-state index >= 15 is 0 Å². The molecule has 0 atom stereocenters. The molecule has 0 aromatic heterocycles. The molecule has 0 radical (unpaired) electrons. The van der Waals surface area contributed by atoms with Gasteiger partial charge in [-0.25, -0.2) is 0 Å². The molecule has 0 aromatic carbocycles. The largest absolute Gasteiger partial charge is 0.311 e. The highest BCUT2D eigenvalue weighted by molar-refractivity contribution is 6.29. The van der Waals surface area contributed by atoms with Gasteiger partial charge in [-0.05, 0) is 32.2 Å². The first-order chi connectivity index (χ1) is 5.79. The molecule has 12 heavy (non-hydrogen) atoms. The Morgan fingerprint density at radius 3 is 3.08 bits per heavy atom. The Balaban J connectivity index is 1.98. The minimum Gasteiger partial charge on any atom is -0.311 e. The standard InChI is InChI=1S/C10H16ClN/c1-9(11)8-12-7-6-10-4-2-3-5-10/h4,12H,1-3,5-8H2. The Labute approximate surface area is 79.5 Å². The van der Waals surface area contributed by atoms with Crippen LogP contribution in [0.15, 0.2) is 23.3 Å². The third-order valence-electron chi connectivity index (χ3n) is 2.07. The van der Waals surface area contributed by atoms with Gasteiger partial charge in [-0.3, -0.25) is 0 Å². The van der Waals surface area contributed by atoms with Crippen LogP contribution in [-0.2, 0) is 0 Å². The fraction of sp³-hybridized carbons (Fsp3) is 0.600. The van der Waals surface area contributed by atoms with Gasteiger partial charge in [0.05, 0.1) is 0 Å². The van der Waals surface area contributed by atoms with Crippen molar-refractivity contribution in [2.45, 2.75) is 25.7 Å². The summed E-state index contributed by atoms with van der Waals surface area (Å²) >= 11 is 5.60. The van der Waals surface area contributed by atoms with Crippen LogP contribution in [0.25, 0.3) is 0 Å². The Hall–Kier alpha value is -0.270. The molecule has 1 aliphatic rings. The molecule has 0 saturated heterocycles. The lowest BCUT2D eigenvalue weighted by atomic mass is 10.2. The van der Waals surface area contributed by atoms with Crippen molar-refractivity contribution in [1.82, 2.24) is 5.32 Å². The van der Waals surface area contributed by atoms with Crippen LogP contribution in [0, 0.1) is 0 Å². The molecule has 0 aromatic rings. The van der Waals surface area contributed by atoms with Gasteiger partial charge in [-0.15, -0.1) is 0 Å². The van der Waals surface area contributed by atoms with Crippen LogP contribution in [0.2, 0.25) is 0 Å². The van der Waals surface area contributed by atoms with E-state index in [1.807, 2.05) is 0 Å². The number of hydrogen-bond donors (Lipinski definition) is 1. The summed E-state index contributed by atoms with van der Waals surface area (Å²) in [6, 6.07) is 0. The van der Waals surface area contributed by atoms with Crippen LogP contribution < -0.4 is 5.32 Å². The molecule has 68 valence electrons. The average Bonchev–Trinajstić information content (AvgIpc) is 2.49. The van der Waals surface area contributed by atoms with Gasteiger partial charge in [0.2, 0.25) is 0 Å². The monoisotopic (exact) mass is 185 g/mol. The van der Waals surface area contributed by atoms with Gasteiger partial charge in [0.25, 0.3) is 0 Å². The van der Waals surface area contributed by atoms with E-state index in [0.29, 0.717) is 5.03 Å². The van der Waals surface area contributed by atoms with Gasteiger partial charge < -0.3 is 5.32 Å². The van der Waals surface area contributed by atoms with Crippen LogP contribution in [-0.4, -0.2) is 13.1 Å². The van der Waals surface area contributed by atoms with Crippen LogP contribution in [0.3, 0.4) is 0 Å². The lowest BCUT2D eigenvalue weighted by molar-refractivity contribution is 0.722. The maximum atomic E-state index is 5.60. The van der Waals surface area contributed by atoms with Crippen LogP contribution in [0.5, 0.6) is 0 Å². The maximum absolute atomic E-state index is 5.60. The van der Waals surface area contributed by atoms with Gasteiger partial charge in [-0.1, -0.05) is 29.8 Å². The van der Waals surface area contributed by atoms with Crippen molar-refractivity contribution in [2.24, 2.45) is 0 Å². The Bertz CT molecular complexity index is 184. The highest BCUT2D eigenvalue weighted by Crippen LogP contribution is 2.19. The molecule has 0 unspecified atom stereocenters. The second-order valence-electron chi connectivity index (χ2n) is 3.20. The van der Waals surface area contributed by atoms with Crippen molar-refractivity contribution in [3.8, 4) is 0 Å². The van der Waals surface area contributed by atoms with Crippen molar-refractivity contribution in [2.75, 3.05) is 13.1 Å². The Morgan fingerprint density at radius 1 is 1.67 bits per heavy atom. The number of allylic oxidation sites excluding steroid dienone is 1. The topological polar surface area (TPSA) is 12.0 Å². The second-order valence-corrected chi connectivity index (χ2v) is 3.73. The molecule has 0 amide bonds. The van der Waals surface area contributed by atoms with Crippen LogP contribution in [0.4, 0.5) is 0 Å². The number of nitrogens with one attached hydrogen (secondary N) is 1. The molecule has 1 aliphatic carbocycles. The summed E-state index contributed by atoms with van der Waals surface area (Å²) in [5, 5.41) is 3.93. The fourth-order valence-electron chi connectivity index (χ4n) is 1.44. The first-order valence-electron chi connectivity index (χ1n) is 4.51. The summed E-state index contributed by atoms with van der Waals surface area (Å²) in [5.74, 6) is 0. The third-order valence-corrected chi connectivity index (χ3v) is 2.21. The molecular weight excluding hydrogens is 170 g/mol. The summed E-state index contributed by atoms with van der Waals surface area (Å²) in [6.45, 7) is 5.37. The van der Waals surface area contributed by atoms with E-state index in [2.05, 4.69) is 18.0 Å². The van der Waals surface area contributed by atoms with E-state index in [1.165, 1.54) is 25.7 Å². The zero-order valence-electron chi connectivity index (χ0n) is 7.41. The smallest absolute Gasteiger partial charge is 0.0307 e. The van der Waals surface area contributed by atoms with Gasteiger partial charge in [0.15, 0.2) is 0 Å². The Kier molecular flexibility index (Phi) is 4.41. The van der Waals surface area contributed by atoms with E-state index in [1.54, 1.807) is 5.57 Å². The summed E-state index contributed by atoms with van der Waals surface area (Å²) in [6.07, 6.45) is 7.44. The highest BCUT2D eigenvalue weighted by Gasteiger charge is 2.02. The van der Waals surface area contributed by atoms with Gasteiger partial charge in [0, 0.05) is 11.6 Å². The number of rotatable bonds is 5. The van der Waals surface area contributed by atoms with Gasteiger partial charge in [0.1, 0.15) is 0 Å². The molecule has 0 spiro atoms. The molecule has 0 bridgehead atoms. The minimum atomic E-state index is 0.690. The van der Waals surface area contributed by atoms with Crippen LogP contribution >= 0.6 is 11.6 Å². The molecule has 0 fully saturated rings. The fourth-order valence-corrected chi connectivity index (χ4v) is 1.53. The number of hydrogen-bond acceptors (Lipinski definition) is 1. The van der Waals surface area contributed by atoms with Gasteiger partial charge in [-0.2, -0.15) is 0 Å². The quantitative estimate of drug-likeness (QED) is 0.513. The van der Waals surface area contributed by atoms with Gasteiger partial charge >= 0.3 is 0 Å². The average molecular weight is 186 g/mol. The van der Waals surface area contributed by atoms with E-state index in [9.17, 15) is 0 Å². The van der Waals surface area contributed by atoms with Crippen molar-refractivity contribution in [1.29, 1.82) is 0 Å². The molecule has 0 aliphatic heterocycles. The summed E-state index contributed by atoms with van der Waals surface area (Å²) in [5.41, 5.74) is 1.60. The zero-order chi connectivity index (χ0) is 8.81. The molecule has 0 heterocycles. The van der Waals surface area contributed by atoms with E-state index in [0.717, 1.165) is 13.1 Å². The van der Waals surface area contributed by atoms with E-state index < -0.39 is 0 Å². The van der Waals surface area contributed by atoms with Crippen molar-refractivity contribution in [3.63, 3.8) is 0 Å². The van der Waals surface area contributed by atoms with Crippen molar-refractivity contribution in [3.05, 3.63) is 23.3 Å². The molecule has 0 saturated carbocycles. The summed E-state index contributed by atoms with van der Waals surface area (Å²) in [7, 11) is 0. The third kappa shape index (κ3) is 3.93. The Morgan fingerprint density at radius 2 is 2.50 bits per heavy atom.